The molecule has 0 radical (unpaired) electrons. The van der Waals surface area contributed by atoms with Crippen molar-refractivity contribution in [2.24, 2.45) is 7.05 Å². The van der Waals surface area contributed by atoms with E-state index in [2.05, 4.69) is 35.9 Å². The van der Waals surface area contributed by atoms with Gasteiger partial charge in [-0.2, -0.15) is 5.26 Å². The summed E-state index contributed by atoms with van der Waals surface area (Å²) in [6, 6.07) is 8.60. The highest BCUT2D eigenvalue weighted by molar-refractivity contribution is 5.77. The summed E-state index contributed by atoms with van der Waals surface area (Å²) in [7, 11) is 2.12. The topological polar surface area (TPSA) is 41.6 Å². The molecule has 98 valence electrons. The van der Waals surface area contributed by atoms with Gasteiger partial charge in [-0.15, -0.1) is 0 Å². The first-order valence-electron chi connectivity index (χ1n) is 7.12. The van der Waals surface area contributed by atoms with Gasteiger partial charge in [0, 0.05) is 19.4 Å². The van der Waals surface area contributed by atoms with Crippen LogP contribution in [0, 0.1) is 11.3 Å². The number of nitriles is 1. The Morgan fingerprint density at radius 3 is 2.89 bits per heavy atom. The number of benzene rings is 1. The minimum absolute atomic E-state index is 0.582. The molecule has 0 amide bonds. The summed E-state index contributed by atoms with van der Waals surface area (Å²) in [5.41, 5.74) is 3.53. The molecule has 1 aliphatic carbocycles. The zero-order chi connectivity index (χ0) is 13.2. The molecule has 0 aliphatic heterocycles. The van der Waals surface area contributed by atoms with Gasteiger partial charge in [-0.25, -0.2) is 4.98 Å². The SMILES string of the molecule is Cn1c(C2CCCC2)nc2ccc(CCC#N)cc21. The van der Waals surface area contributed by atoms with E-state index in [-0.39, 0.29) is 0 Å². The lowest BCUT2D eigenvalue weighted by atomic mass is 10.1. The van der Waals surface area contributed by atoms with Crippen LogP contribution in [0.2, 0.25) is 0 Å². The summed E-state index contributed by atoms with van der Waals surface area (Å²) in [5.74, 6) is 1.88. The van der Waals surface area contributed by atoms with Gasteiger partial charge >= 0.3 is 0 Å². The highest BCUT2D eigenvalue weighted by Crippen LogP contribution is 2.34. The van der Waals surface area contributed by atoms with Crippen molar-refractivity contribution in [3.63, 3.8) is 0 Å². The predicted molar refractivity (Wildman–Crippen MR) is 75.9 cm³/mol. The van der Waals surface area contributed by atoms with Crippen molar-refractivity contribution in [2.45, 2.75) is 44.4 Å². The molecule has 0 unspecified atom stereocenters. The van der Waals surface area contributed by atoms with Crippen LogP contribution in [-0.2, 0) is 13.5 Å². The summed E-state index contributed by atoms with van der Waals surface area (Å²) in [5, 5.41) is 8.68. The second-order valence-corrected chi connectivity index (χ2v) is 5.49. The summed E-state index contributed by atoms with van der Waals surface area (Å²) >= 11 is 0. The number of nitrogens with zero attached hydrogens (tertiary/aromatic N) is 3. The monoisotopic (exact) mass is 253 g/mol. The van der Waals surface area contributed by atoms with Gasteiger partial charge in [0.2, 0.25) is 0 Å². The number of hydrogen-bond acceptors (Lipinski definition) is 2. The number of rotatable bonds is 3. The van der Waals surface area contributed by atoms with Crippen LogP contribution in [0.5, 0.6) is 0 Å². The Kier molecular flexibility index (Phi) is 3.25. The maximum absolute atomic E-state index is 8.68. The van der Waals surface area contributed by atoms with Crippen LogP contribution in [0.3, 0.4) is 0 Å². The molecule has 3 heteroatoms. The van der Waals surface area contributed by atoms with Crippen molar-refractivity contribution in [1.82, 2.24) is 9.55 Å². The van der Waals surface area contributed by atoms with Crippen LogP contribution in [0.1, 0.15) is 49.4 Å². The van der Waals surface area contributed by atoms with Crippen LogP contribution in [0.15, 0.2) is 18.2 Å². The van der Waals surface area contributed by atoms with Gasteiger partial charge in [0.25, 0.3) is 0 Å². The molecule has 0 spiro atoms. The summed E-state index contributed by atoms with van der Waals surface area (Å²) in [4.78, 5) is 4.81. The lowest BCUT2D eigenvalue weighted by Gasteiger charge is -2.08. The van der Waals surface area contributed by atoms with E-state index in [1.54, 1.807) is 0 Å². The summed E-state index contributed by atoms with van der Waals surface area (Å²) in [6.45, 7) is 0. The van der Waals surface area contributed by atoms with E-state index >= 15 is 0 Å². The van der Waals surface area contributed by atoms with Crippen LogP contribution in [0.4, 0.5) is 0 Å². The Balaban J connectivity index is 1.98. The van der Waals surface area contributed by atoms with Gasteiger partial charge in [-0.1, -0.05) is 18.9 Å². The first-order chi connectivity index (χ1) is 9.29. The molecule has 1 saturated carbocycles. The highest BCUT2D eigenvalue weighted by Gasteiger charge is 2.22. The largest absolute Gasteiger partial charge is 0.331 e. The molecule has 0 atom stereocenters. The van der Waals surface area contributed by atoms with Crippen LogP contribution in [0.25, 0.3) is 11.0 Å². The molecule has 1 fully saturated rings. The van der Waals surface area contributed by atoms with Gasteiger partial charge in [0.1, 0.15) is 5.82 Å². The van der Waals surface area contributed by atoms with Crippen molar-refractivity contribution in [3.05, 3.63) is 29.6 Å². The van der Waals surface area contributed by atoms with Gasteiger partial charge < -0.3 is 4.57 Å². The first kappa shape index (κ1) is 12.2. The number of imidazole rings is 1. The zero-order valence-corrected chi connectivity index (χ0v) is 11.4. The molecule has 3 rings (SSSR count). The number of fused-ring (bicyclic) bond motifs is 1. The van der Waals surface area contributed by atoms with Crippen molar-refractivity contribution in [1.29, 1.82) is 5.26 Å². The first-order valence-corrected chi connectivity index (χ1v) is 7.12. The maximum atomic E-state index is 8.68. The van der Waals surface area contributed by atoms with Crippen LogP contribution in [-0.4, -0.2) is 9.55 Å². The van der Waals surface area contributed by atoms with E-state index in [0.29, 0.717) is 12.3 Å². The molecule has 0 bridgehead atoms. The third kappa shape index (κ3) is 2.23. The van der Waals surface area contributed by atoms with E-state index in [0.717, 1.165) is 11.9 Å². The minimum atomic E-state index is 0.582. The normalized spacial score (nSPS) is 16.0. The molecule has 0 N–H and O–H groups in total. The molecule has 1 heterocycles. The molecular weight excluding hydrogens is 234 g/mol. The Morgan fingerprint density at radius 2 is 2.16 bits per heavy atom. The Hall–Kier alpha value is -1.82. The van der Waals surface area contributed by atoms with Crippen molar-refractivity contribution in [3.8, 4) is 6.07 Å². The smallest absolute Gasteiger partial charge is 0.112 e. The maximum Gasteiger partial charge on any atom is 0.112 e. The molecular formula is C16H19N3. The lowest BCUT2D eigenvalue weighted by molar-refractivity contribution is 0.639. The van der Waals surface area contributed by atoms with Crippen molar-refractivity contribution in [2.75, 3.05) is 0 Å². The summed E-state index contributed by atoms with van der Waals surface area (Å²) in [6.07, 6.45) is 6.63. The average Bonchev–Trinajstić information content (AvgIpc) is 3.05. The Bertz CT molecular complexity index is 627. The van der Waals surface area contributed by atoms with Gasteiger partial charge in [0.15, 0.2) is 0 Å². The van der Waals surface area contributed by atoms with Gasteiger partial charge in [-0.05, 0) is 37.0 Å². The standard InChI is InChI=1S/C16H19N3/c1-19-15-11-12(5-4-10-17)8-9-14(15)18-16(19)13-6-2-3-7-13/h8-9,11,13H,2-7H2,1H3. The van der Waals surface area contributed by atoms with E-state index in [1.807, 2.05) is 0 Å². The second kappa shape index (κ2) is 5.05. The van der Waals surface area contributed by atoms with E-state index in [4.69, 9.17) is 10.2 Å². The van der Waals surface area contributed by atoms with Crippen molar-refractivity contribution < 1.29 is 0 Å². The quantitative estimate of drug-likeness (QED) is 0.837. The van der Waals surface area contributed by atoms with Crippen molar-refractivity contribution >= 4 is 11.0 Å². The number of hydrogen-bond donors (Lipinski definition) is 0. The van der Waals surface area contributed by atoms with Crippen LogP contribution < -0.4 is 0 Å². The fourth-order valence-electron chi connectivity index (χ4n) is 3.16. The Morgan fingerprint density at radius 1 is 1.37 bits per heavy atom. The molecule has 1 aliphatic rings. The zero-order valence-electron chi connectivity index (χ0n) is 11.4. The molecule has 0 saturated heterocycles. The fraction of sp³-hybridized carbons (Fsp3) is 0.500. The van der Waals surface area contributed by atoms with Gasteiger partial charge in [0.05, 0.1) is 17.1 Å². The minimum Gasteiger partial charge on any atom is -0.331 e. The predicted octanol–water partition coefficient (Wildman–Crippen LogP) is 3.69. The van der Waals surface area contributed by atoms with Crippen LogP contribution >= 0.6 is 0 Å². The fourth-order valence-corrected chi connectivity index (χ4v) is 3.16. The third-order valence-electron chi connectivity index (χ3n) is 4.23. The molecule has 19 heavy (non-hydrogen) atoms. The van der Waals surface area contributed by atoms with E-state index in [1.165, 1.54) is 42.6 Å². The van der Waals surface area contributed by atoms with Gasteiger partial charge in [-0.3, -0.25) is 0 Å². The second-order valence-electron chi connectivity index (χ2n) is 5.49. The average molecular weight is 253 g/mol. The van der Waals surface area contributed by atoms with E-state index < -0.39 is 0 Å². The summed E-state index contributed by atoms with van der Waals surface area (Å²) < 4.78 is 2.25. The molecule has 1 aromatic heterocycles. The van der Waals surface area contributed by atoms with E-state index in [9.17, 15) is 0 Å². The number of aryl methyl sites for hydroxylation is 2. The molecule has 1 aromatic carbocycles. The Labute approximate surface area is 113 Å². The lowest BCUT2D eigenvalue weighted by Crippen LogP contribution is -2.02. The molecule has 2 aromatic rings. The highest BCUT2D eigenvalue weighted by atomic mass is 15.1. The third-order valence-corrected chi connectivity index (χ3v) is 4.23. The molecule has 3 nitrogen and oxygen atoms in total. The number of aromatic nitrogens is 2.